The average Bonchev–Trinajstić information content (AvgIpc) is 2.85. The van der Waals surface area contributed by atoms with Crippen molar-refractivity contribution in [1.29, 1.82) is 0 Å². The molecule has 0 radical (unpaired) electrons. The molecule has 2 aromatic carbocycles. The highest BCUT2D eigenvalue weighted by molar-refractivity contribution is 6.07. The third-order valence-corrected chi connectivity index (χ3v) is 4.27. The van der Waals surface area contributed by atoms with Crippen LogP contribution in [0.2, 0.25) is 0 Å². The molecule has 26 heavy (non-hydrogen) atoms. The molecule has 1 N–H and O–H groups in total. The van der Waals surface area contributed by atoms with Gasteiger partial charge in [-0.25, -0.2) is 4.79 Å². The molecule has 0 atom stereocenters. The number of anilines is 1. The fraction of sp³-hybridized carbons (Fsp3) is 0.263. The van der Waals surface area contributed by atoms with E-state index in [1.807, 2.05) is 13.0 Å². The van der Waals surface area contributed by atoms with Gasteiger partial charge in [0.1, 0.15) is 11.5 Å². The van der Waals surface area contributed by atoms with Gasteiger partial charge in [-0.05, 0) is 25.1 Å². The van der Waals surface area contributed by atoms with E-state index in [1.54, 1.807) is 44.4 Å². The largest absolute Gasteiger partial charge is 0.494 e. The van der Waals surface area contributed by atoms with Crippen molar-refractivity contribution in [2.24, 2.45) is 14.1 Å². The van der Waals surface area contributed by atoms with Crippen molar-refractivity contribution in [2.75, 3.05) is 19.0 Å². The number of fused-ring (bicyclic) bond motifs is 1. The Kier molecular flexibility index (Phi) is 4.71. The van der Waals surface area contributed by atoms with E-state index < -0.39 is 0 Å². The molecule has 3 rings (SSSR count). The zero-order chi connectivity index (χ0) is 18.8. The van der Waals surface area contributed by atoms with Crippen LogP contribution in [0.3, 0.4) is 0 Å². The first-order valence-corrected chi connectivity index (χ1v) is 8.24. The van der Waals surface area contributed by atoms with Crippen molar-refractivity contribution in [2.45, 2.75) is 6.92 Å². The molecule has 136 valence electrons. The predicted octanol–water partition coefficient (Wildman–Crippen LogP) is 2.54. The fourth-order valence-electron chi connectivity index (χ4n) is 2.92. The Balaban J connectivity index is 2.04. The fourth-order valence-corrected chi connectivity index (χ4v) is 2.92. The van der Waals surface area contributed by atoms with E-state index in [9.17, 15) is 9.59 Å². The van der Waals surface area contributed by atoms with Crippen LogP contribution in [0.1, 0.15) is 17.3 Å². The number of rotatable bonds is 5. The molecule has 0 saturated carbocycles. The SMILES string of the molecule is CCOc1ccccc1C(=O)Nc1cc2c(cc1OC)n(C)c(=O)n2C. The van der Waals surface area contributed by atoms with Gasteiger partial charge in [-0.1, -0.05) is 12.1 Å². The Hall–Kier alpha value is -3.22. The van der Waals surface area contributed by atoms with E-state index in [0.29, 0.717) is 34.9 Å². The topological polar surface area (TPSA) is 74.5 Å². The maximum Gasteiger partial charge on any atom is 0.328 e. The number of aryl methyl sites for hydroxylation is 2. The summed E-state index contributed by atoms with van der Waals surface area (Å²) < 4.78 is 14.0. The van der Waals surface area contributed by atoms with Crippen molar-refractivity contribution in [3.63, 3.8) is 0 Å². The molecule has 0 aliphatic carbocycles. The van der Waals surface area contributed by atoms with Crippen molar-refractivity contribution >= 4 is 22.6 Å². The summed E-state index contributed by atoms with van der Waals surface area (Å²) in [6.07, 6.45) is 0. The quantitative estimate of drug-likeness (QED) is 0.763. The number of carbonyl (C=O) groups is 1. The minimum Gasteiger partial charge on any atom is -0.494 e. The van der Waals surface area contributed by atoms with E-state index in [-0.39, 0.29) is 11.6 Å². The maximum absolute atomic E-state index is 12.8. The molecule has 0 unspecified atom stereocenters. The van der Waals surface area contributed by atoms with Crippen LogP contribution in [0.4, 0.5) is 5.69 Å². The number of ether oxygens (including phenoxy) is 2. The van der Waals surface area contributed by atoms with Crippen LogP contribution in [0.25, 0.3) is 11.0 Å². The van der Waals surface area contributed by atoms with Gasteiger partial charge in [-0.3, -0.25) is 13.9 Å². The highest BCUT2D eigenvalue weighted by Gasteiger charge is 2.17. The monoisotopic (exact) mass is 355 g/mol. The van der Waals surface area contributed by atoms with E-state index >= 15 is 0 Å². The van der Waals surface area contributed by atoms with Gasteiger partial charge in [0.2, 0.25) is 0 Å². The van der Waals surface area contributed by atoms with Crippen LogP contribution in [0.15, 0.2) is 41.2 Å². The second kappa shape index (κ2) is 6.95. The lowest BCUT2D eigenvalue weighted by Gasteiger charge is -2.13. The van der Waals surface area contributed by atoms with Crippen LogP contribution in [0, 0.1) is 0 Å². The van der Waals surface area contributed by atoms with Crippen molar-refractivity contribution < 1.29 is 14.3 Å². The van der Waals surface area contributed by atoms with Crippen molar-refractivity contribution in [3.8, 4) is 11.5 Å². The molecule has 0 aliphatic heterocycles. The second-order valence-corrected chi connectivity index (χ2v) is 5.83. The number of benzene rings is 2. The summed E-state index contributed by atoms with van der Waals surface area (Å²) in [5.74, 6) is 0.674. The number of carbonyl (C=O) groups excluding carboxylic acids is 1. The van der Waals surface area contributed by atoms with Gasteiger partial charge in [0.15, 0.2) is 0 Å². The number of methoxy groups -OCH3 is 1. The third-order valence-electron chi connectivity index (χ3n) is 4.27. The van der Waals surface area contributed by atoms with Crippen LogP contribution in [-0.4, -0.2) is 28.8 Å². The lowest BCUT2D eigenvalue weighted by atomic mass is 10.1. The summed E-state index contributed by atoms with van der Waals surface area (Å²) in [5.41, 5.74) is 2.19. The number of nitrogens with one attached hydrogen (secondary N) is 1. The summed E-state index contributed by atoms with van der Waals surface area (Å²) in [4.78, 5) is 24.9. The zero-order valence-electron chi connectivity index (χ0n) is 15.2. The molecule has 0 saturated heterocycles. The number of hydrogen-bond acceptors (Lipinski definition) is 4. The number of para-hydroxylation sites is 1. The normalized spacial score (nSPS) is 10.8. The molecule has 7 nitrogen and oxygen atoms in total. The van der Waals surface area contributed by atoms with E-state index in [1.165, 1.54) is 16.2 Å². The number of aromatic nitrogens is 2. The number of nitrogens with zero attached hydrogens (tertiary/aromatic N) is 2. The molecule has 3 aromatic rings. The summed E-state index contributed by atoms with van der Waals surface area (Å²) in [7, 11) is 4.90. The Labute approximate surface area is 150 Å². The highest BCUT2D eigenvalue weighted by atomic mass is 16.5. The van der Waals surface area contributed by atoms with Gasteiger partial charge in [0, 0.05) is 20.2 Å². The van der Waals surface area contributed by atoms with Crippen LogP contribution >= 0.6 is 0 Å². The first kappa shape index (κ1) is 17.6. The summed E-state index contributed by atoms with van der Waals surface area (Å²) in [6.45, 7) is 2.33. The molecule has 1 heterocycles. The van der Waals surface area contributed by atoms with E-state index in [4.69, 9.17) is 9.47 Å². The first-order valence-electron chi connectivity index (χ1n) is 8.24. The van der Waals surface area contributed by atoms with Crippen LogP contribution in [0.5, 0.6) is 11.5 Å². The number of imidazole rings is 1. The van der Waals surface area contributed by atoms with Gasteiger partial charge in [-0.15, -0.1) is 0 Å². The van der Waals surface area contributed by atoms with Crippen LogP contribution < -0.4 is 20.5 Å². The molecule has 0 spiro atoms. The smallest absolute Gasteiger partial charge is 0.328 e. The van der Waals surface area contributed by atoms with E-state index in [2.05, 4.69) is 5.32 Å². The Morgan fingerprint density at radius 2 is 1.73 bits per heavy atom. The highest BCUT2D eigenvalue weighted by Crippen LogP contribution is 2.30. The van der Waals surface area contributed by atoms with Gasteiger partial charge in [0.25, 0.3) is 5.91 Å². The number of amides is 1. The lowest BCUT2D eigenvalue weighted by Crippen LogP contribution is -2.19. The lowest BCUT2D eigenvalue weighted by molar-refractivity contribution is 0.102. The zero-order valence-corrected chi connectivity index (χ0v) is 15.2. The first-order chi connectivity index (χ1) is 12.5. The van der Waals surface area contributed by atoms with Gasteiger partial charge in [0.05, 0.1) is 36.0 Å². The molecule has 1 amide bonds. The standard InChI is InChI=1S/C19H21N3O4/c1-5-26-16-9-7-6-8-12(16)18(23)20-13-10-14-15(11-17(13)25-4)22(3)19(24)21(14)2/h6-11H,5H2,1-4H3,(H,20,23). The molecule has 0 aliphatic rings. The summed E-state index contributed by atoms with van der Waals surface area (Å²) in [5, 5.41) is 2.86. The molecular formula is C19H21N3O4. The molecular weight excluding hydrogens is 334 g/mol. The minimum atomic E-state index is -0.312. The molecule has 7 heteroatoms. The predicted molar refractivity (Wildman–Crippen MR) is 100 cm³/mol. The average molecular weight is 355 g/mol. The Morgan fingerprint density at radius 1 is 1.08 bits per heavy atom. The van der Waals surface area contributed by atoms with E-state index in [0.717, 1.165) is 5.52 Å². The van der Waals surface area contributed by atoms with Crippen molar-refractivity contribution in [1.82, 2.24) is 9.13 Å². The van der Waals surface area contributed by atoms with Gasteiger partial charge < -0.3 is 14.8 Å². The Morgan fingerprint density at radius 3 is 2.38 bits per heavy atom. The maximum atomic E-state index is 12.8. The van der Waals surface area contributed by atoms with Crippen molar-refractivity contribution in [3.05, 3.63) is 52.4 Å². The molecule has 1 aromatic heterocycles. The molecule has 0 fully saturated rings. The summed E-state index contributed by atoms with van der Waals surface area (Å²) in [6, 6.07) is 10.5. The summed E-state index contributed by atoms with van der Waals surface area (Å²) >= 11 is 0. The van der Waals surface area contributed by atoms with Crippen LogP contribution in [-0.2, 0) is 14.1 Å². The van der Waals surface area contributed by atoms with Gasteiger partial charge >= 0.3 is 5.69 Å². The third kappa shape index (κ3) is 2.92. The van der Waals surface area contributed by atoms with Gasteiger partial charge in [-0.2, -0.15) is 0 Å². The molecule has 0 bridgehead atoms. The minimum absolute atomic E-state index is 0.146. The second-order valence-electron chi connectivity index (χ2n) is 5.83. The number of hydrogen-bond donors (Lipinski definition) is 1. The Bertz CT molecular complexity index is 1030.